The Morgan fingerprint density at radius 2 is 0.600 bits per heavy atom. The van der Waals surface area contributed by atoms with Crippen LogP contribution in [0.3, 0.4) is 0 Å². The van der Waals surface area contributed by atoms with E-state index in [0.29, 0.717) is 12.8 Å². The zero-order valence-corrected chi connectivity index (χ0v) is 42.0. The molecule has 0 heterocycles. The first-order valence-corrected chi connectivity index (χ1v) is 26.4. The SMILES string of the molecule is CC/C=C\C/C=C\C/C=C\C/C=C\C/C=C\C/C=C\CCCCCCC(=O)OCC(COC(=O)CCCCCCCCCCCCC)OC(=O)CCCCC/C=C\C/C=C\C/C=C\CC. The first-order valence-electron chi connectivity index (χ1n) is 26.4. The number of hydrogen-bond donors (Lipinski definition) is 0. The van der Waals surface area contributed by atoms with Gasteiger partial charge >= 0.3 is 17.9 Å². The third-order valence-corrected chi connectivity index (χ3v) is 10.8. The van der Waals surface area contributed by atoms with Crippen LogP contribution in [0.2, 0.25) is 0 Å². The van der Waals surface area contributed by atoms with E-state index in [-0.39, 0.29) is 37.5 Å². The maximum atomic E-state index is 12.8. The lowest BCUT2D eigenvalue weighted by Crippen LogP contribution is -2.30. The van der Waals surface area contributed by atoms with Gasteiger partial charge in [0.05, 0.1) is 0 Å². The van der Waals surface area contributed by atoms with Gasteiger partial charge in [0.2, 0.25) is 0 Å². The molecule has 0 amide bonds. The van der Waals surface area contributed by atoms with E-state index in [2.05, 4.69) is 130 Å². The predicted octanol–water partition coefficient (Wildman–Crippen LogP) is 17.5. The highest BCUT2D eigenvalue weighted by Crippen LogP contribution is 2.14. The summed E-state index contributed by atoms with van der Waals surface area (Å²) in [7, 11) is 0. The molecule has 0 aliphatic carbocycles. The average Bonchev–Trinajstić information content (AvgIpc) is 3.30. The van der Waals surface area contributed by atoms with E-state index in [1.807, 2.05) is 0 Å². The highest BCUT2D eigenvalue weighted by atomic mass is 16.6. The summed E-state index contributed by atoms with van der Waals surface area (Å²) in [6, 6.07) is 0. The van der Waals surface area contributed by atoms with Crippen molar-refractivity contribution in [3.05, 3.63) is 109 Å². The van der Waals surface area contributed by atoms with Gasteiger partial charge in [0, 0.05) is 19.3 Å². The van der Waals surface area contributed by atoms with Crippen molar-refractivity contribution in [3.8, 4) is 0 Å². The van der Waals surface area contributed by atoms with Crippen molar-refractivity contribution < 1.29 is 28.6 Å². The number of esters is 3. The van der Waals surface area contributed by atoms with Gasteiger partial charge in [-0.2, -0.15) is 0 Å². The van der Waals surface area contributed by atoms with E-state index in [0.717, 1.165) is 135 Å². The Labute approximate surface area is 400 Å². The first kappa shape index (κ1) is 61.1. The molecule has 0 N–H and O–H groups in total. The second-order valence-corrected chi connectivity index (χ2v) is 17.0. The molecule has 0 fully saturated rings. The van der Waals surface area contributed by atoms with Crippen molar-refractivity contribution in [2.24, 2.45) is 0 Å². The van der Waals surface area contributed by atoms with E-state index in [9.17, 15) is 14.4 Å². The van der Waals surface area contributed by atoms with Gasteiger partial charge < -0.3 is 14.2 Å². The van der Waals surface area contributed by atoms with E-state index < -0.39 is 6.10 Å². The minimum atomic E-state index is -0.803. The smallest absolute Gasteiger partial charge is 0.306 e. The standard InChI is InChI=1S/C59H96O6/c1-4-7-10-13-16-19-22-24-25-26-27-28-29-30-31-32-33-35-37-40-43-46-49-52-58(61)64-55-56(54-63-57(60)51-48-45-42-39-36-21-18-15-12-9-6-3)65-59(62)53-50-47-44-41-38-34-23-20-17-14-11-8-5-2/h7-8,10-11,16-17,19-20,24-25,27-28,30-31,33-35,38,56H,4-6,9,12-15,18,21-23,26,29,32,36-37,39-55H2,1-3H3/b10-7-,11-8-,19-16-,20-17-,25-24-,28-27-,31-30-,35-33-,38-34-. The Bertz CT molecular complexity index is 1360. The van der Waals surface area contributed by atoms with Gasteiger partial charge in [-0.15, -0.1) is 0 Å². The monoisotopic (exact) mass is 901 g/mol. The van der Waals surface area contributed by atoms with Gasteiger partial charge in [-0.3, -0.25) is 14.4 Å². The Balaban J connectivity index is 4.41. The summed E-state index contributed by atoms with van der Waals surface area (Å²) in [6.45, 7) is 6.34. The Kier molecular flexibility index (Phi) is 49.5. The van der Waals surface area contributed by atoms with Crippen LogP contribution in [0.25, 0.3) is 0 Å². The lowest BCUT2D eigenvalue weighted by Gasteiger charge is -2.18. The summed E-state index contributed by atoms with van der Waals surface area (Å²) in [5.41, 5.74) is 0. The average molecular weight is 901 g/mol. The van der Waals surface area contributed by atoms with Crippen LogP contribution >= 0.6 is 0 Å². The second-order valence-electron chi connectivity index (χ2n) is 17.0. The molecule has 0 saturated heterocycles. The number of rotatable bonds is 46. The summed E-state index contributed by atoms with van der Waals surface area (Å²) < 4.78 is 16.7. The Hall–Kier alpha value is -3.93. The van der Waals surface area contributed by atoms with E-state index in [1.54, 1.807) is 0 Å². The molecule has 1 unspecified atom stereocenters. The summed E-state index contributed by atoms with van der Waals surface area (Å²) in [6.07, 6.45) is 70.8. The van der Waals surface area contributed by atoms with Gasteiger partial charge in [0.15, 0.2) is 6.10 Å². The fourth-order valence-electron chi connectivity index (χ4n) is 6.87. The Morgan fingerprint density at radius 3 is 0.954 bits per heavy atom. The number of allylic oxidation sites excluding steroid dienone is 18. The normalized spacial score (nSPS) is 13.0. The summed E-state index contributed by atoms with van der Waals surface area (Å²) in [4.78, 5) is 37.9. The van der Waals surface area contributed by atoms with Crippen LogP contribution in [0.1, 0.15) is 226 Å². The largest absolute Gasteiger partial charge is 0.462 e. The van der Waals surface area contributed by atoms with Crippen LogP contribution in [-0.4, -0.2) is 37.2 Å². The number of ether oxygens (including phenoxy) is 3. The van der Waals surface area contributed by atoms with Crippen molar-refractivity contribution >= 4 is 17.9 Å². The molecule has 0 aromatic rings. The van der Waals surface area contributed by atoms with Gasteiger partial charge in [0.25, 0.3) is 0 Å². The van der Waals surface area contributed by atoms with E-state index in [4.69, 9.17) is 14.2 Å². The first-order chi connectivity index (χ1) is 32.0. The maximum Gasteiger partial charge on any atom is 0.306 e. The molecule has 0 aliphatic rings. The van der Waals surface area contributed by atoms with Gasteiger partial charge in [-0.25, -0.2) is 0 Å². The van der Waals surface area contributed by atoms with Crippen LogP contribution in [0.15, 0.2) is 109 Å². The van der Waals surface area contributed by atoms with Crippen molar-refractivity contribution in [1.29, 1.82) is 0 Å². The molecular weight excluding hydrogens is 805 g/mol. The minimum Gasteiger partial charge on any atom is -0.462 e. The predicted molar refractivity (Wildman–Crippen MR) is 279 cm³/mol. The topological polar surface area (TPSA) is 78.9 Å². The van der Waals surface area contributed by atoms with Crippen molar-refractivity contribution in [2.75, 3.05) is 13.2 Å². The minimum absolute atomic E-state index is 0.0986. The van der Waals surface area contributed by atoms with Gasteiger partial charge in [-0.1, -0.05) is 214 Å². The summed E-state index contributed by atoms with van der Waals surface area (Å²) in [5, 5.41) is 0. The van der Waals surface area contributed by atoms with Crippen LogP contribution in [0.5, 0.6) is 0 Å². The molecular formula is C59H96O6. The second kappa shape index (κ2) is 52.7. The zero-order chi connectivity index (χ0) is 47.2. The molecule has 368 valence electrons. The molecule has 1 atom stereocenters. The summed E-state index contributed by atoms with van der Waals surface area (Å²) >= 11 is 0. The third kappa shape index (κ3) is 50.9. The molecule has 0 aromatic carbocycles. The third-order valence-electron chi connectivity index (χ3n) is 10.8. The number of carbonyl (C=O) groups is 3. The van der Waals surface area contributed by atoms with Gasteiger partial charge in [-0.05, 0) is 103 Å². The van der Waals surface area contributed by atoms with Crippen LogP contribution in [0.4, 0.5) is 0 Å². The fourth-order valence-corrected chi connectivity index (χ4v) is 6.87. The molecule has 0 spiro atoms. The van der Waals surface area contributed by atoms with E-state index in [1.165, 1.54) is 51.4 Å². The fraction of sp³-hybridized carbons (Fsp3) is 0.644. The molecule has 6 heteroatoms. The molecule has 0 aliphatic heterocycles. The molecule has 6 nitrogen and oxygen atoms in total. The molecule has 0 rings (SSSR count). The lowest BCUT2D eigenvalue weighted by atomic mass is 10.1. The lowest BCUT2D eigenvalue weighted by molar-refractivity contribution is -0.167. The molecule has 65 heavy (non-hydrogen) atoms. The highest BCUT2D eigenvalue weighted by Gasteiger charge is 2.19. The van der Waals surface area contributed by atoms with Crippen LogP contribution < -0.4 is 0 Å². The quantitative estimate of drug-likeness (QED) is 0.0262. The number of hydrogen-bond acceptors (Lipinski definition) is 6. The number of unbranched alkanes of at least 4 members (excludes halogenated alkanes) is 17. The zero-order valence-electron chi connectivity index (χ0n) is 42.0. The van der Waals surface area contributed by atoms with Crippen LogP contribution in [0, 0.1) is 0 Å². The summed E-state index contributed by atoms with van der Waals surface area (Å²) in [5.74, 6) is -0.960. The maximum absolute atomic E-state index is 12.8. The van der Waals surface area contributed by atoms with Crippen molar-refractivity contribution in [2.45, 2.75) is 232 Å². The van der Waals surface area contributed by atoms with Crippen LogP contribution in [-0.2, 0) is 28.6 Å². The molecule has 0 radical (unpaired) electrons. The molecule has 0 bridgehead atoms. The van der Waals surface area contributed by atoms with E-state index >= 15 is 0 Å². The van der Waals surface area contributed by atoms with Crippen molar-refractivity contribution in [3.63, 3.8) is 0 Å². The molecule has 0 aromatic heterocycles. The van der Waals surface area contributed by atoms with Crippen molar-refractivity contribution in [1.82, 2.24) is 0 Å². The number of carbonyl (C=O) groups excluding carboxylic acids is 3. The molecule has 0 saturated carbocycles. The van der Waals surface area contributed by atoms with Gasteiger partial charge in [0.1, 0.15) is 13.2 Å². The Morgan fingerprint density at radius 1 is 0.323 bits per heavy atom. The highest BCUT2D eigenvalue weighted by molar-refractivity contribution is 5.71.